The van der Waals surface area contributed by atoms with Gasteiger partial charge >= 0.3 is 0 Å². The van der Waals surface area contributed by atoms with Crippen LogP contribution in [0.3, 0.4) is 0 Å². The van der Waals surface area contributed by atoms with Crippen LogP contribution in [-0.2, 0) is 19.3 Å². The molecule has 174 valence electrons. The number of aromatic nitrogens is 1. The van der Waals surface area contributed by atoms with Crippen molar-refractivity contribution in [2.45, 2.75) is 58.4 Å². The molecule has 0 saturated carbocycles. The summed E-state index contributed by atoms with van der Waals surface area (Å²) in [6.45, 7) is 4.12. The number of benzene rings is 2. The standard InChI is InChI=1S/C30H32N2O2/c1-21-10-12-23(13-11-21)29-20-25-7-4-3-5-9-28(25)32(29)26-16-14-24(15-17-26)30(33)31-22(2)19-27-8-6-18-34-27/h6,8,10-18,20,22H,3-5,7,9,19H2,1-2H3,(H,31,33). The van der Waals surface area contributed by atoms with Gasteiger partial charge in [-0.1, -0.05) is 36.2 Å². The summed E-state index contributed by atoms with van der Waals surface area (Å²) in [5.74, 6) is 0.816. The lowest BCUT2D eigenvalue weighted by Crippen LogP contribution is -2.33. The van der Waals surface area contributed by atoms with Crippen LogP contribution in [0.2, 0.25) is 0 Å². The molecule has 1 atom stereocenters. The Kier molecular flexibility index (Phi) is 6.39. The maximum absolute atomic E-state index is 12.8. The number of aryl methyl sites for hydroxylation is 2. The Balaban J connectivity index is 1.42. The quantitative estimate of drug-likeness (QED) is 0.332. The van der Waals surface area contributed by atoms with Crippen molar-refractivity contribution in [1.29, 1.82) is 0 Å². The molecule has 0 saturated heterocycles. The molecule has 1 unspecified atom stereocenters. The van der Waals surface area contributed by atoms with E-state index in [1.54, 1.807) is 6.26 Å². The Bertz CT molecular complexity index is 1250. The van der Waals surface area contributed by atoms with Crippen LogP contribution in [0, 0.1) is 6.92 Å². The van der Waals surface area contributed by atoms with Gasteiger partial charge < -0.3 is 14.3 Å². The van der Waals surface area contributed by atoms with Gasteiger partial charge in [0.2, 0.25) is 0 Å². The van der Waals surface area contributed by atoms with Crippen LogP contribution in [0.5, 0.6) is 0 Å². The average Bonchev–Trinajstić information content (AvgIpc) is 3.41. The van der Waals surface area contributed by atoms with Gasteiger partial charge in [0.25, 0.3) is 5.91 Å². The second kappa shape index (κ2) is 9.76. The molecule has 2 aromatic heterocycles. The summed E-state index contributed by atoms with van der Waals surface area (Å²) >= 11 is 0. The lowest BCUT2D eigenvalue weighted by molar-refractivity contribution is 0.0939. The first kappa shape index (κ1) is 22.3. The van der Waals surface area contributed by atoms with Crippen molar-refractivity contribution in [3.05, 3.63) is 101 Å². The molecule has 4 aromatic rings. The van der Waals surface area contributed by atoms with Gasteiger partial charge in [0.05, 0.1) is 12.0 Å². The van der Waals surface area contributed by atoms with Gasteiger partial charge in [-0.05, 0) is 93.1 Å². The van der Waals surface area contributed by atoms with E-state index in [9.17, 15) is 4.79 Å². The molecule has 1 amide bonds. The molecule has 2 aromatic carbocycles. The molecule has 0 spiro atoms. The predicted octanol–water partition coefficient (Wildman–Crippen LogP) is 6.68. The van der Waals surface area contributed by atoms with Crippen LogP contribution >= 0.6 is 0 Å². The van der Waals surface area contributed by atoms with Gasteiger partial charge in [-0.15, -0.1) is 0 Å². The smallest absolute Gasteiger partial charge is 0.251 e. The van der Waals surface area contributed by atoms with Gasteiger partial charge in [-0.25, -0.2) is 0 Å². The molecule has 0 fully saturated rings. The molecule has 0 radical (unpaired) electrons. The van der Waals surface area contributed by atoms with E-state index in [-0.39, 0.29) is 11.9 Å². The van der Waals surface area contributed by atoms with Crippen LogP contribution in [0.4, 0.5) is 0 Å². The predicted molar refractivity (Wildman–Crippen MR) is 137 cm³/mol. The number of carbonyl (C=O) groups excluding carboxylic acids is 1. The van der Waals surface area contributed by atoms with Crippen molar-refractivity contribution in [2.75, 3.05) is 0 Å². The molecule has 0 bridgehead atoms. The summed E-state index contributed by atoms with van der Waals surface area (Å²) < 4.78 is 7.81. The fourth-order valence-corrected chi connectivity index (χ4v) is 4.96. The first-order valence-corrected chi connectivity index (χ1v) is 12.3. The van der Waals surface area contributed by atoms with Crippen LogP contribution in [0.1, 0.15) is 59.1 Å². The normalized spacial score (nSPS) is 14.3. The second-order valence-corrected chi connectivity index (χ2v) is 9.47. The third kappa shape index (κ3) is 4.72. The minimum atomic E-state index is -0.0595. The number of hydrogen-bond donors (Lipinski definition) is 1. The van der Waals surface area contributed by atoms with E-state index in [1.165, 1.54) is 47.3 Å². The zero-order chi connectivity index (χ0) is 23.5. The Morgan fingerprint density at radius 3 is 2.50 bits per heavy atom. The van der Waals surface area contributed by atoms with Crippen LogP contribution in [-0.4, -0.2) is 16.5 Å². The highest BCUT2D eigenvalue weighted by atomic mass is 16.3. The Labute approximate surface area is 201 Å². The minimum Gasteiger partial charge on any atom is -0.469 e. The highest BCUT2D eigenvalue weighted by Crippen LogP contribution is 2.33. The first-order chi connectivity index (χ1) is 16.6. The van der Waals surface area contributed by atoms with Gasteiger partial charge in [-0.2, -0.15) is 0 Å². The van der Waals surface area contributed by atoms with Crippen molar-refractivity contribution in [3.8, 4) is 16.9 Å². The Morgan fingerprint density at radius 1 is 1.00 bits per heavy atom. The Hall–Kier alpha value is -3.53. The number of fused-ring (bicyclic) bond motifs is 1. The molecular weight excluding hydrogens is 420 g/mol. The topological polar surface area (TPSA) is 47.2 Å². The molecular formula is C30H32N2O2. The van der Waals surface area contributed by atoms with Crippen molar-refractivity contribution < 1.29 is 9.21 Å². The molecule has 4 nitrogen and oxygen atoms in total. The number of nitrogens with zero attached hydrogens (tertiary/aromatic N) is 1. The molecule has 4 heteroatoms. The largest absolute Gasteiger partial charge is 0.469 e. The van der Waals surface area contributed by atoms with E-state index in [4.69, 9.17) is 4.42 Å². The van der Waals surface area contributed by atoms with Crippen LogP contribution in [0.15, 0.2) is 77.4 Å². The zero-order valence-corrected chi connectivity index (χ0v) is 20.0. The Morgan fingerprint density at radius 2 is 1.76 bits per heavy atom. The molecule has 2 heterocycles. The van der Waals surface area contributed by atoms with E-state index < -0.39 is 0 Å². The van der Waals surface area contributed by atoms with Crippen LogP contribution in [0.25, 0.3) is 16.9 Å². The molecule has 34 heavy (non-hydrogen) atoms. The SMILES string of the molecule is Cc1ccc(-c2cc3c(n2-c2ccc(C(=O)NC(C)Cc4ccco4)cc2)CCCCC3)cc1. The maximum atomic E-state index is 12.8. The average molecular weight is 453 g/mol. The summed E-state index contributed by atoms with van der Waals surface area (Å²) in [7, 11) is 0. The van der Waals surface area contributed by atoms with Gasteiger partial charge in [-0.3, -0.25) is 4.79 Å². The van der Waals surface area contributed by atoms with Gasteiger partial charge in [0, 0.05) is 29.4 Å². The molecule has 1 aliphatic carbocycles. The minimum absolute atomic E-state index is 0.00770. The lowest BCUT2D eigenvalue weighted by Gasteiger charge is -2.16. The molecule has 1 aliphatic rings. The highest BCUT2D eigenvalue weighted by Gasteiger charge is 2.20. The second-order valence-electron chi connectivity index (χ2n) is 9.47. The molecule has 1 N–H and O–H groups in total. The summed E-state index contributed by atoms with van der Waals surface area (Å²) in [5.41, 5.74) is 8.38. The third-order valence-corrected chi connectivity index (χ3v) is 6.75. The van der Waals surface area contributed by atoms with Gasteiger partial charge in [0.15, 0.2) is 0 Å². The van der Waals surface area contributed by atoms with E-state index in [2.05, 4.69) is 59.3 Å². The van der Waals surface area contributed by atoms with Crippen molar-refractivity contribution in [3.63, 3.8) is 0 Å². The summed E-state index contributed by atoms with van der Waals surface area (Å²) in [6.07, 6.45) is 8.31. The van der Waals surface area contributed by atoms with Crippen molar-refractivity contribution in [1.82, 2.24) is 9.88 Å². The number of nitrogens with one attached hydrogen (secondary N) is 1. The number of carbonyl (C=O) groups is 1. The summed E-state index contributed by atoms with van der Waals surface area (Å²) in [6, 6.07) is 23.0. The van der Waals surface area contributed by atoms with E-state index in [0.717, 1.165) is 24.3 Å². The van der Waals surface area contributed by atoms with E-state index in [0.29, 0.717) is 12.0 Å². The number of furan rings is 1. The fourth-order valence-electron chi connectivity index (χ4n) is 4.96. The number of amides is 1. The number of rotatable bonds is 6. The maximum Gasteiger partial charge on any atom is 0.251 e. The molecule has 0 aliphatic heterocycles. The number of hydrogen-bond acceptors (Lipinski definition) is 2. The summed E-state index contributed by atoms with van der Waals surface area (Å²) in [4.78, 5) is 12.8. The highest BCUT2D eigenvalue weighted by molar-refractivity contribution is 5.94. The third-order valence-electron chi connectivity index (χ3n) is 6.75. The van der Waals surface area contributed by atoms with E-state index >= 15 is 0 Å². The lowest BCUT2D eigenvalue weighted by atomic mass is 10.1. The van der Waals surface area contributed by atoms with Crippen molar-refractivity contribution >= 4 is 5.91 Å². The van der Waals surface area contributed by atoms with E-state index in [1.807, 2.05) is 31.2 Å². The van der Waals surface area contributed by atoms with Crippen molar-refractivity contribution in [2.24, 2.45) is 0 Å². The fraction of sp³-hybridized carbons (Fsp3) is 0.300. The van der Waals surface area contributed by atoms with Crippen LogP contribution < -0.4 is 5.32 Å². The zero-order valence-electron chi connectivity index (χ0n) is 20.0. The van der Waals surface area contributed by atoms with Gasteiger partial charge in [0.1, 0.15) is 5.76 Å². The summed E-state index contributed by atoms with van der Waals surface area (Å²) in [5, 5.41) is 3.08. The monoisotopic (exact) mass is 452 g/mol. The first-order valence-electron chi connectivity index (χ1n) is 12.3. The molecule has 5 rings (SSSR count).